The number of esters is 1. The van der Waals surface area contributed by atoms with Crippen molar-refractivity contribution in [1.29, 1.82) is 0 Å². The van der Waals surface area contributed by atoms with E-state index >= 15 is 0 Å². The van der Waals surface area contributed by atoms with Crippen LogP contribution in [0, 0.1) is 0 Å². The molecule has 0 spiro atoms. The molecule has 0 aliphatic rings. The van der Waals surface area contributed by atoms with Gasteiger partial charge in [0.1, 0.15) is 6.61 Å². The number of Topliss-reactive ketones (excluding diaryl/α,β-unsaturated/α-hetero) is 1. The molecule has 0 N–H and O–H groups in total. The van der Waals surface area contributed by atoms with Crippen molar-refractivity contribution in [2.24, 2.45) is 0 Å². The summed E-state index contributed by atoms with van der Waals surface area (Å²) in [7, 11) is 0. The third-order valence-electron chi connectivity index (χ3n) is 6.07. The first-order valence-electron chi connectivity index (χ1n) is 14.3. The van der Waals surface area contributed by atoms with Gasteiger partial charge in [-0.15, -0.1) is 0 Å². The summed E-state index contributed by atoms with van der Waals surface area (Å²) in [4.78, 5) is 23.6. The number of hydrogen-bond donors (Lipinski definition) is 0. The molecule has 0 radical (unpaired) electrons. The van der Waals surface area contributed by atoms with Crippen LogP contribution in [0.4, 0.5) is 0 Å². The number of ether oxygens (including phenoxy) is 4. The van der Waals surface area contributed by atoms with Gasteiger partial charge in [0.15, 0.2) is 0 Å². The van der Waals surface area contributed by atoms with E-state index in [9.17, 15) is 9.59 Å². The maximum atomic E-state index is 11.9. The van der Waals surface area contributed by atoms with Crippen molar-refractivity contribution >= 4 is 11.8 Å². The van der Waals surface area contributed by atoms with Gasteiger partial charge in [0.2, 0.25) is 0 Å². The Kier molecular flexibility index (Phi) is 22.3. The van der Waals surface area contributed by atoms with Crippen LogP contribution in [0.15, 0.2) is 30.3 Å². The number of benzene rings is 1. The van der Waals surface area contributed by atoms with E-state index in [1.807, 2.05) is 0 Å². The molecule has 0 fully saturated rings. The fraction of sp³-hybridized carbons (Fsp3) is 0.733. The molecule has 1 aromatic carbocycles. The van der Waals surface area contributed by atoms with E-state index in [0.717, 1.165) is 13.0 Å². The summed E-state index contributed by atoms with van der Waals surface area (Å²) in [5, 5.41) is 0. The van der Waals surface area contributed by atoms with Gasteiger partial charge >= 0.3 is 5.97 Å². The molecule has 0 bridgehead atoms. The third kappa shape index (κ3) is 19.4. The fourth-order valence-electron chi connectivity index (χ4n) is 3.91. The van der Waals surface area contributed by atoms with Crippen molar-refractivity contribution in [2.75, 3.05) is 46.2 Å². The number of ketones is 1. The van der Waals surface area contributed by atoms with E-state index in [1.54, 1.807) is 30.3 Å². The summed E-state index contributed by atoms with van der Waals surface area (Å²) in [5.74, 6) is -1.51. The molecule has 1 rings (SSSR count). The standard InChI is InChI=1S/C30H50O6/c1-2-3-4-5-6-7-8-9-10-11-12-13-14-18-21-33-22-23-34-24-25-35-26-27-36-30(32)29(31)28-19-16-15-17-20-28/h15-17,19-20H,2-14,18,21-27H2,1H3. The van der Waals surface area contributed by atoms with Crippen LogP contribution in [0.5, 0.6) is 0 Å². The van der Waals surface area contributed by atoms with E-state index in [2.05, 4.69) is 6.92 Å². The van der Waals surface area contributed by atoms with E-state index in [1.165, 1.54) is 83.5 Å². The van der Waals surface area contributed by atoms with Crippen LogP contribution in [-0.4, -0.2) is 58.0 Å². The molecule has 0 unspecified atom stereocenters. The SMILES string of the molecule is CCCCCCCCCCCCCCCCOCCOCCOCCOC(=O)C(=O)c1ccccc1. The molecule has 0 aliphatic heterocycles. The number of carbonyl (C=O) groups is 2. The fourth-order valence-corrected chi connectivity index (χ4v) is 3.91. The van der Waals surface area contributed by atoms with Crippen molar-refractivity contribution in [2.45, 2.75) is 96.8 Å². The van der Waals surface area contributed by atoms with Gasteiger partial charge in [0, 0.05) is 12.2 Å². The first-order chi connectivity index (χ1) is 17.8. The molecule has 0 saturated heterocycles. The highest BCUT2D eigenvalue weighted by molar-refractivity contribution is 6.40. The highest BCUT2D eigenvalue weighted by Crippen LogP contribution is 2.13. The van der Waals surface area contributed by atoms with Crippen molar-refractivity contribution < 1.29 is 28.5 Å². The Bertz CT molecular complexity index is 634. The van der Waals surface area contributed by atoms with Crippen LogP contribution >= 0.6 is 0 Å². The highest BCUT2D eigenvalue weighted by atomic mass is 16.6. The molecule has 206 valence electrons. The maximum absolute atomic E-state index is 11.9. The lowest BCUT2D eigenvalue weighted by Gasteiger charge is -2.07. The summed E-state index contributed by atoms with van der Waals surface area (Å²) in [6.07, 6.45) is 19.1. The Labute approximate surface area is 219 Å². The molecule has 6 nitrogen and oxygen atoms in total. The molecule has 1 aromatic rings. The summed E-state index contributed by atoms with van der Waals surface area (Å²) in [5.41, 5.74) is 0.323. The second-order valence-corrected chi connectivity index (χ2v) is 9.26. The lowest BCUT2D eigenvalue weighted by atomic mass is 10.0. The van der Waals surface area contributed by atoms with Crippen molar-refractivity contribution in [3.05, 3.63) is 35.9 Å². The minimum Gasteiger partial charge on any atom is -0.457 e. The van der Waals surface area contributed by atoms with Crippen molar-refractivity contribution in [3.8, 4) is 0 Å². The lowest BCUT2D eigenvalue weighted by Crippen LogP contribution is -2.20. The zero-order valence-corrected chi connectivity index (χ0v) is 22.7. The summed E-state index contributed by atoms with van der Waals surface area (Å²) in [6, 6.07) is 8.36. The smallest absolute Gasteiger partial charge is 0.379 e. The summed E-state index contributed by atoms with van der Waals surface area (Å²) < 4.78 is 21.4. The van der Waals surface area contributed by atoms with Crippen LogP contribution in [0.2, 0.25) is 0 Å². The van der Waals surface area contributed by atoms with Crippen LogP contribution in [0.1, 0.15) is 107 Å². The van der Waals surface area contributed by atoms with Crippen molar-refractivity contribution in [1.82, 2.24) is 0 Å². The minimum atomic E-state index is -0.864. The van der Waals surface area contributed by atoms with Crippen LogP contribution in [-0.2, 0) is 23.7 Å². The summed E-state index contributed by atoms with van der Waals surface area (Å²) >= 11 is 0. The third-order valence-corrected chi connectivity index (χ3v) is 6.07. The molecule has 0 aromatic heterocycles. The topological polar surface area (TPSA) is 71.1 Å². The van der Waals surface area contributed by atoms with E-state index < -0.39 is 11.8 Å². The quantitative estimate of drug-likeness (QED) is 0.0586. The first kappa shape index (κ1) is 32.3. The normalized spacial score (nSPS) is 11.0. The minimum absolute atomic E-state index is 0.0414. The number of carbonyl (C=O) groups excluding carboxylic acids is 2. The first-order valence-corrected chi connectivity index (χ1v) is 14.3. The number of hydrogen-bond acceptors (Lipinski definition) is 6. The Balaban J connectivity index is 1.72. The summed E-state index contributed by atoms with van der Waals surface area (Å²) in [6.45, 7) is 5.34. The lowest BCUT2D eigenvalue weighted by molar-refractivity contribution is -0.139. The highest BCUT2D eigenvalue weighted by Gasteiger charge is 2.17. The number of unbranched alkanes of at least 4 members (excludes halogenated alkanes) is 13. The Hall–Kier alpha value is -1.76. The van der Waals surface area contributed by atoms with Gasteiger partial charge in [-0.2, -0.15) is 0 Å². The van der Waals surface area contributed by atoms with Gasteiger partial charge in [-0.05, 0) is 6.42 Å². The Morgan fingerprint density at radius 1 is 0.528 bits per heavy atom. The molecule has 0 aliphatic carbocycles. The average molecular weight is 507 g/mol. The second-order valence-electron chi connectivity index (χ2n) is 9.26. The number of rotatable bonds is 26. The zero-order valence-electron chi connectivity index (χ0n) is 22.7. The molecular formula is C30H50O6. The monoisotopic (exact) mass is 506 g/mol. The molecule has 0 saturated carbocycles. The van der Waals surface area contributed by atoms with Crippen LogP contribution < -0.4 is 0 Å². The molecule has 6 heteroatoms. The van der Waals surface area contributed by atoms with E-state index in [-0.39, 0.29) is 13.2 Å². The van der Waals surface area contributed by atoms with E-state index in [4.69, 9.17) is 18.9 Å². The van der Waals surface area contributed by atoms with Crippen molar-refractivity contribution in [3.63, 3.8) is 0 Å². The Morgan fingerprint density at radius 2 is 0.944 bits per heavy atom. The average Bonchev–Trinajstić information content (AvgIpc) is 2.91. The largest absolute Gasteiger partial charge is 0.457 e. The van der Waals surface area contributed by atoms with Gasteiger partial charge in [-0.1, -0.05) is 121 Å². The van der Waals surface area contributed by atoms with Gasteiger partial charge in [-0.3, -0.25) is 4.79 Å². The van der Waals surface area contributed by atoms with Gasteiger partial charge < -0.3 is 18.9 Å². The van der Waals surface area contributed by atoms with Gasteiger partial charge in [0.05, 0.1) is 33.0 Å². The molecule has 0 amide bonds. The zero-order chi connectivity index (χ0) is 25.9. The Morgan fingerprint density at radius 3 is 1.44 bits per heavy atom. The predicted octanol–water partition coefficient (Wildman–Crippen LogP) is 6.94. The van der Waals surface area contributed by atoms with Gasteiger partial charge in [-0.25, -0.2) is 4.79 Å². The molecule has 36 heavy (non-hydrogen) atoms. The predicted molar refractivity (Wildman–Crippen MR) is 145 cm³/mol. The molecule has 0 atom stereocenters. The molecular weight excluding hydrogens is 456 g/mol. The van der Waals surface area contributed by atoms with Crippen LogP contribution in [0.3, 0.4) is 0 Å². The maximum Gasteiger partial charge on any atom is 0.379 e. The van der Waals surface area contributed by atoms with Gasteiger partial charge in [0.25, 0.3) is 5.78 Å². The van der Waals surface area contributed by atoms with Crippen LogP contribution in [0.25, 0.3) is 0 Å². The second kappa shape index (κ2) is 24.9. The van der Waals surface area contributed by atoms with E-state index in [0.29, 0.717) is 32.0 Å². The molecule has 0 heterocycles.